The number of nitrogens with zero attached hydrogens (tertiary/aromatic N) is 1. The molecule has 0 aromatic rings. The van der Waals surface area contributed by atoms with Crippen molar-refractivity contribution in [2.24, 2.45) is 11.1 Å². The van der Waals surface area contributed by atoms with Gasteiger partial charge in [0, 0.05) is 25.6 Å². The molecule has 0 aromatic heterocycles. The highest BCUT2D eigenvalue weighted by Gasteiger charge is 2.26. The summed E-state index contributed by atoms with van der Waals surface area (Å²) in [5, 5.41) is 9.34. The summed E-state index contributed by atoms with van der Waals surface area (Å²) in [6.07, 6.45) is 1.59. The minimum Gasteiger partial charge on any atom is -0.391 e. The fourth-order valence-electron chi connectivity index (χ4n) is 2.18. The lowest BCUT2D eigenvalue weighted by Gasteiger charge is -2.24. The lowest BCUT2D eigenvalue weighted by molar-refractivity contribution is -0.131. The van der Waals surface area contributed by atoms with Crippen molar-refractivity contribution in [1.29, 1.82) is 0 Å². The molecule has 16 heavy (non-hydrogen) atoms. The van der Waals surface area contributed by atoms with E-state index in [4.69, 9.17) is 5.73 Å². The largest absolute Gasteiger partial charge is 0.391 e. The molecule has 4 nitrogen and oxygen atoms in total. The molecule has 1 heterocycles. The summed E-state index contributed by atoms with van der Waals surface area (Å²) in [5.74, 6) is 0.0771. The van der Waals surface area contributed by atoms with Gasteiger partial charge in [-0.15, -0.1) is 0 Å². The molecule has 1 aliphatic rings. The zero-order valence-electron chi connectivity index (χ0n) is 10.6. The van der Waals surface area contributed by atoms with E-state index in [1.54, 1.807) is 4.90 Å². The molecule has 0 saturated carbocycles. The molecule has 0 aliphatic carbocycles. The molecule has 1 saturated heterocycles. The normalized spacial score (nSPS) is 23.6. The zero-order valence-corrected chi connectivity index (χ0v) is 10.6. The minimum atomic E-state index is -0.345. The third-order valence-electron chi connectivity index (χ3n) is 2.83. The topological polar surface area (TPSA) is 66.6 Å². The molecule has 1 amide bonds. The Bertz CT molecular complexity index is 248. The van der Waals surface area contributed by atoms with Crippen LogP contribution in [0.2, 0.25) is 0 Å². The summed E-state index contributed by atoms with van der Waals surface area (Å²) in [5.41, 5.74) is 6.11. The molecule has 0 bridgehead atoms. The van der Waals surface area contributed by atoms with Gasteiger partial charge in [-0.2, -0.15) is 0 Å². The van der Waals surface area contributed by atoms with Crippen LogP contribution in [0, 0.1) is 5.41 Å². The zero-order chi connectivity index (χ0) is 12.3. The van der Waals surface area contributed by atoms with Crippen molar-refractivity contribution in [3.63, 3.8) is 0 Å². The van der Waals surface area contributed by atoms with E-state index < -0.39 is 0 Å². The average molecular weight is 228 g/mol. The number of carbonyl (C=O) groups excluding carboxylic acids is 1. The van der Waals surface area contributed by atoms with Crippen LogP contribution in [0.25, 0.3) is 0 Å². The fraction of sp³-hybridized carbons (Fsp3) is 0.917. The van der Waals surface area contributed by atoms with Crippen molar-refractivity contribution >= 4 is 5.91 Å². The first-order chi connectivity index (χ1) is 7.28. The molecule has 0 spiro atoms. The predicted octanol–water partition coefficient (Wildman–Crippen LogP) is 0.733. The molecule has 1 unspecified atom stereocenters. The van der Waals surface area contributed by atoms with E-state index >= 15 is 0 Å². The smallest absolute Gasteiger partial charge is 0.224 e. The number of β-amino-alcohol motifs (C(OH)–C–C–N with tert-alkyl or cyclic N) is 1. The van der Waals surface area contributed by atoms with Gasteiger partial charge < -0.3 is 15.7 Å². The lowest BCUT2D eigenvalue weighted by atomic mass is 9.87. The van der Waals surface area contributed by atoms with Crippen LogP contribution >= 0.6 is 0 Å². The predicted molar refractivity (Wildman–Crippen MR) is 63.9 cm³/mol. The molecule has 94 valence electrons. The summed E-state index contributed by atoms with van der Waals surface area (Å²) >= 11 is 0. The van der Waals surface area contributed by atoms with Gasteiger partial charge in [0.25, 0.3) is 0 Å². The molecule has 1 aliphatic heterocycles. The van der Waals surface area contributed by atoms with Crippen LogP contribution in [0.15, 0.2) is 0 Å². The van der Waals surface area contributed by atoms with Gasteiger partial charge in [-0.1, -0.05) is 20.8 Å². The second kappa shape index (κ2) is 5.15. The maximum Gasteiger partial charge on any atom is 0.224 e. The van der Waals surface area contributed by atoms with Gasteiger partial charge in [0.1, 0.15) is 0 Å². The van der Waals surface area contributed by atoms with Gasteiger partial charge in [0.2, 0.25) is 5.91 Å². The Morgan fingerprint density at radius 3 is 2.62 bits per heavy atom. The number of hydrogen-bond acceptors (Lipinski definition) is 3. The Kier molecular flexibility index (Phi) is 4.33. The van der Waals surface area contributed by atoms with E-state index in [0.717, 1.165) is 6.42 Å². The van der Waals surface area contributed by atoms with E-state index in [1.807, 2.05) is 0 Å². The van der Waals surface area contributed by atoms with Crippen LogP contribution in [0.1, 0.15) is 40.0 Å². The van der Waals surface area contributed by atoms with E-state index in [9.17, 15) is 9.90 Å². The van der Waals surface area contributed by atoms with Crippen molar-refractivity contribution in [3.8, 4) is 0 Å². The molecule has 3 N–H and O–H groups in total. The quantitative estimate of drug-likeness (QED) is 0.748. The Morgan fingerprint density at radius 1 is 1.56 bits per heavy atom. The number of hydrogen-bond donors (Lipinski definition) is 2. The fourth-order valence-corrected chi connectivity index (χ4v) is 2.18. The Hall–Kier alpha value is -0.610. The SMILES string of the molecule is CC(C)(C)CC(N)CC(=O)N1CC[C@H](O)C1. The molecule has 0 aromatic carbocycles. The van der Waals surface area contributed by atoms with E-state index in [0.29, 0.717) is 25.9 Å². The first-order valence-corrected chi connectivity index (χ1v) is 5.99. The number of carbonyl (C=O) groups is 1. The first-order valence-electron chi connectivity index (χ1n) is 5.99. The van der Waals surface area contributed by atoms with Crippen molar-refractivity contribution in [2.75, 3.05) is 13.1 Å². The van der Waals surface area contributed by atoms with Crippen LogP contribution in [-0.2, 0) is 4.79 Å². The maximum absolute atomic E-state index is 11.8. The van der Waals surface area contributed by atoms with Gasteiger partial charge in [-0.05, 0) is 18.3 Å². The molecule has 4 heteroatoms. The Labute approximate surface area is 97.8 Å². The Morgan fingerprint density at radius 2 is 2.19 bits per heavy atom. The van der Waals surface area contributed by atoms with Crippen LogP contribution in [0.5, 0.6) is 0 Å². The molecule has 2 atom stereocenters. The summed E-state index contributed by atoms with van der Waals surface area (Å²) < 4.78 is 0. The van der Waals surface area contributed by atoms with Crippen molar-refractivity contribution in [2.45, 2.75) is 52.2 Å². The standard InChI is InChI=1S/C12H24N2O2/c1-12(2,3)7-9(13)6-11(16)14-5-4-10(15)8-14/h9-10,15H,4-8,13H2,1-3H3/t9?,10-/m0/s1. The number of aliphatic hydroxyl groups excluding tert-OH is 1. The second-order valence-electron chi connectivity index (χ2n) is 6.01. The third kappa shape index (κ3) is 4.49. The second-order valence-corrected chi connectivity index (χ2v) is 6.01. The molecule has 1 fully saturated rings. The summed E-state index contributed by atoms with van der Waals surface area (Å²) in [7, 11) is 0. The van der Waals surface area contributed by atoms with Crippen LogP contribution in [0.4, 0.5) is 0 Å². The van der Waals surface area contributed by atoms with Gasteiger partial charge in [0.15, 0.2) is 0 Å². The van der Waals surface area contributed by atoms with Crippen molar-refractivity contribution < 1.29 is 9.90 Å². The summed E-state index contributed by atoms with van der Waals surface area (Å²) in [6, 6.07) is -0.0785. The van der Waals surface area contributed by atoms with Gasteiger partial charge >= 0.3 is 0 Å². The maximum atomic E-state index is 11.8. The molecular formula is C12H24N2O2. The van der Waals surface area contributed by atoms with E-state index in [1.165, 1.54) is 0 Å². The van der Waals surface area contributed by atoms with Gasteiger partial charge in [-0.3, -0.25) is 4.79 Å². The number of amides is 1. The molecule has 1 rings (SSSR count). The number of likely N-dealkylation sites (tertiary alicyclic amines) is 1. The molecular weight excluding hydrogens is 204 g/mol. The van der Waals surface area contributed by atoms with Crippen molar-refractivity contribution in [3.05, 3.63) is 0 Å². The van der Waals surface area contributed by atoms with Crippen molar-refractivity contribution in [1.82, 2.24) is 4.90 Å². The first kappa shape index (κ1) is 13.5. The molecule has 0 radical (unpaired) electrons. The van der Waals surface area contributed by atoms with Crippen LogP contribution < -0.4 is 5.73 Å². The third-order valence-corrected chi connectivity index (χ3v) is 2.83. The average Bonchev–Trinajstić information content (AvgIpc) is 2.47. The number of aliphatic hydroxyl groups is 1. The van der Waals surface area contributed by atoms with Gasteiger partial charge in [-0.25, -0.2) is 0 Å². The van der Waals surface area contributed by atoms with Crippen LogP contribution in [-0.4, -0.2) is 41.1 Å². The highest BCUT2D eigenvalue weighted by molar-refractivity contribution is 5.77. The number of rotatable bonds is 3. The minimum absolute atomic E-state index is 0.0771. The Balaban J connectivity index is 2.34. The van der Waals surface area contributed by atoms with E-state index in [2.05, 4.69) is 20.8 Å². The monoisotopic (exact) mass is 228 g/mol. The van der Waals surface area contributed by atoms with Gasteiger partial charge in [0.05, 0.1) is 6.10 Å². The highest BCUT2D eigenvalue weighted by atomic mass is 16.3. The lowest BCUT2D eigenvalue weighted by Crippen LogP contribution is -2.36. The number of nitrogens with two attached hydrogens (primary N) is 1. The van der Waals surface area contributed by atoms with Crippen LogP contribution in [0.3, 0.4) is 0 Å². The van der Waals surface area contributed by atoms with E-state index in [-0.39, 0.29) is 23.5 Å². The highest BCUT2D eigenvalue weighted by Crippen LogP contribution is 2.21. The summed E-state index contributed by atoms with van der Waals surface area (Å²) in [4.78, 5) is 13.5. The summed E-state index contributed by atoms with van der Waals surface area (Å²) in [6.45, 7) is 7.51.